The molecule has 2 aliphatic carbocycles. The molecule has 0 unspecified atom stereocenters. The topological polar surface area (TPSA) is 89.5 Å². The number of hydrogen-bond donors (Lipinski definition) is 1. The monoisotopic (exact) mass is 477 g/mol. The van der Waals surface area contributed by atoms with Gasteiger partial charge in [0.25, 0.3) is 0 Å². The fourth-order valence-corrected chi connectivity index (χ4v) is 4.96. The van der Waals surface area contributed by atoms with E-state index in [0.717, 1.165) is 50.9 Å². The SMILES string of the molecule is Cl.O=C1OC2(CCC(CNc3ccc(OC4CCCC4)nn3)CC2)CN1c1cccnc1F. The standard InChI is InChI=1S/C23H28FN5O3.ClH/c24-21-18(6-3-13-25-21)29-15-23(32-22(29)30)11-9-16(10-12-23)14-26-19-7-8-20(28-27-19)31-17-4-1-2-5-17;/h3,6-8,13,16-17H,1-2,4-5,9-12,14-15H2,(H,26,27);1H. The highest BCUT2D eigenvalue weighted by molar-refractivity contribution is 5.90. The number of nitrogens with one attached hydrogen (secondary N) is 1. The fourth-order valence-electron chi connectivity index (χ4n) is 4.96. The number of carbonyl (C=O) groups excluding carboxylic acids is 1. The van der Waals surface area contributed by atoms with Crippen molar-refractivity contribution in [2.24, 2.45) is 5.92 Å². The second-order valence-electron chi connectivity index (χ2n) is 9.06. The van der Waals surface area contributed by atoms with Crippen molar-refractivity contribution >= 4 is 30.0 Å². The summed E-state index contributed by atoms with van der Waals surface area (Å²) < 4.78 is 25.6. The number of halogens is 2. The Morgan fingerprint density at radius 1 is 1.15 bits per heavy atom. The molecular formula is C23H29ClFN5O3. The average molecular weight is 478 g/mol. The molecule has 1 saturated heterocycles. The van der Waals surface area contributed by atoms with Gasteiger partial charge in [0.05, 0.1) is 6.54 Å². The number of rotatable bonds is 6. The van der Waals surface area contributed by atoms with Crippen molar-refractivity contribution < 1.29 is 18.7 Å². The smallest absolute Gasteiger partial charge is 0.415 e. The van der Waals surface area contributed by atoms with Gasteiger partial charge in [0, 0.05) is 18.8 Å². The van der Waals surface area contributed by atoms with E-state index in [1.54, 1.807) is 12.1 Å². The molecule has 1 amide bonds. The van der Waals surface area contributed by atoms with E-state index >= 15 is 0 Å². The van der Waals surface area contributed by atoms with E-state index < -0.39 is 17.6 Å². The Balaban J connectivity index is 0.00000259. The molecule has 1 aliphatic heterocycles. The van der Waals surface area contributed by atoms with E-state index in [2.05, 4.69) is 20.5 Å². The van der Waals surface area contributed by atoms with Gasteiger partial charge in [0.1, 0.15) is 23.2 Å². The summed E-state index contributed by atoms with van der Waals surface area (Å²) in [5, 5.41) is 11.8. The first-order valence-corrected chi connectivity index (χ1v) is 11.5. The molecule has 2 saturated carbocycles. The normalized spacial score (nSPS) is 25.1. The summed E-state index contributed by atoms with van der Waals surface area (Å²) in [5.41, 5.74) is -0.369. The van der Waals surface area contributed by atoms with Crippen LogP contribution in [-0.4, -0.2) is 46.1 Å². The predicted octanol–water partition coefficient (Wildman–Crippen LogP) is 4.75. The van der Waals surface area contributed by atoms with Crippen LogP contribution in [0.4, 0.5) is 20.7 Å². The molecule has 0 aromatic carbocycles. The Bertz CT molecular complexity index is 949. The van der Waals surface area contributed by atoms with Crippen molar-refractivity contribution in [3.8, 4) is 5.88 Å². The zero-order valence-electron chi connectivity index (χ0n) is 18.4. The highest BCUT2D eigenvalue weighted by atomic mass is 35.5. The predicted molar refractivity (Wildman–Crippen MR) is 123 cm³/mol. The molecule has 5 rings (SSSR count). The van der Waals surface area contributed by atoms with E-state index in [0.29, 0.717) is 18.3 Å². The van der Waals surface area contributed by atoms with Crippen LogP contribution in [0.25, 0.3) is 0 Å². The van der Waals surface area contributed by atoms with Gasteiger partial charge in [-0.05, 0) is 75.5 Å². The molecule has 3 fully saturated rings. The minimum atomic E-state index is -0.653. The first-order valence-electron chi connectivity index (χ1n) is 11.5. The van der Waals surface area contributed by atoms with Gasteiger partial charge in [-0.3, -0.25) is 4.90 Å². The van der Waals surface area contributed by atoms with Crippen LogP contribution >= 0.6 is 12.4 Å². The van der Waals surface area contributed by atoms with Crippen LogP contribution in [0.15, 0.2) is 30.5 Å². The summed E-state index contributed by atoms with van der Waals surface area (Å²) in [6, 6.07) is 6.95. The lowest BCUT2D eigenvalue weighted by Crippen LogP contribution is -2.39. The van der Waals surface area contributed by atoms with Crippen LogP contribution in [0.2, 0.25) is 0 Å². The van der Waals surface area contributed by atoms with Crippen LogP contribution in [0.3, 0.4) is 0 Å². The Kier molecular flexibility index (Phi) is 7.17. The largest absolute Gasteiger partial charge is 0.473 e. The van der Waals surface area contributed by atoms with E-state index in [9.17, 15) is 9.18 Å². The van der Waals surface area contributed by atoms with Crippen LogP contribution in [0.5, 0.6) is 5.88 Å². The highest BCUT2D eigenvalue weighted by Crippen LogP contribution is 2.41. The number of pyridine rings is 1. The van der Waals surface area contributed by atoms with Crippen LogP contribution in [0, 0.1) is 11.9 Å². The van der Waals surface area contributed by atoms with Crippen molar-refractivity contribution in [2.75, 3.05) is 23.3 Å². The van der Waals surface area contributed by atoms with Gasteiger partial charge in [-0.2, -0.15) is 4.39 Å². The Morgan fingerprint density at radius 3 is 2.64 bits per heavy atom. The third-order valence-corrected chi connectivity index (χ3v) is 6.82. The van der Waals surface area contributed by atoms with Gasteiger partial charge < -0.3 is 14.8 Å². The van der Waals surface area contributed by atoms with Gasteiger partial charge in [-0.15, -0.1) is 22.6 Å². The number of anilines is 2. The molecule has 10 heteroatoms. The summed E-state index contributed by atoms with van der Waals surface area (Å²) in [6.07, 6.45) is 9.11. The molecule has 2 aromatic heterocycles. The number of carbonyl (C=O) groups is 1. The molecule has 178 valence electrons. The zero-order valence-corrected chi connectivity index (χ0v) is 19.2. The van der Waals surface area contributed by atoms with Crippen molar-refractivity contribution in [3.63, 3.8) is 0 Å². The lowest BCUT2D eigenvalue weighted by molar-refractivity contribution is 0.0148. The van der Waals surface area contributed by atoms with Gasteiger partial charge in [-0.1, -0.05) is 0 Å². The third kappa shape index (κ3) is 5.29. The van der Waals surface area contributed by atoms with Crippen molar-refractivity contribution in [1.82, 2.24) is 15.2 Å². The molecule has 0 radical (unpaired) electrons. The van der Waals surface area contributed by atoms with E-state index in [-0.39, 0.29) is 24.2 Å². The van der Waals surface area contributed by atoms with Crippen molar-refractivity contribution in [2.45, 2.75) is 63.1 Å². The number of hydrogen-bond acceptors (Lipinski definition) is 7. The summed E-state index contributed by atoms with van der Waals surface area (Å²) in [4.78, 5) is 17.4. The minimum absolute atomic E-state index is 0. The maximum absolute atomic E-state index is 14.0. The highest BCUT2D eigenvalue weighted by Gasteiger charge is 2.48. The summed E-state index contributed by atoms with van der Waals surface area (Å²) in [5.74, 6) is 1.11. The van der Waals surface area contributed by atoms with Gasteiger partial charge >= 0.3 is 6.09 Å². The molecular weight excluding hydrogens is 449 g/mol. The van der Waals surface area contributed by atoms with E-state index in [4.69, 9.17) is 9.47 Å². The summed E-state index contributed by atoms with van der Waals surface area (Å²) in [6.45, 7) is 1.14. The van der Waals surface area contributed by atoms with Gasteiger partial charge in [0.2, 0.25) is 11.8 Å². The number of ether oxygens (including phenoxy) is 2. The quantitative estimate of drug-likeness (QED) is 0.600. The molecule has 2 aromatic rings. The minimum Gasteiger partial charge on any atom is -0.473 e. The lowest BCUT2D eigenvalue weighted by Gasteiger charge is -2.35. The van der Waals surface area contributed by atoms with Crippen molar-refractivity contribution in [1.29, 1.82) is 0 Å². The molecule has 3 aliphatic rings. The summed E-state index contributed by atoms with van der Waals surface area (Å²) in [7, 11) is 0. The molecule has 0 atom stereocenters. The van der Waals surface area contributed by atoms with E-state index in [1.165, 1.54) is 23.9 Å². The zero-order chi connectivity index (χ0) is 22.0. The average Bonchev–Trinajstić information content (AvgIpc) is 3.43. The number of aromatic nitrogens is 3. The fraction of sp³-hybridized carbons (Fsp3) is 0.565. The Hall–Kier alpha value is -2.68. The third-order valence-electron chi connectivity index (χ3n) is 6.82. The number of amides is 1. The maximum Gasteiger partial charge on any atom is 0.415 e. The number of nitrogens with zero attached hydrogens (tertiary/aromatic N) is 4. The van der Waals surface area contributed by atoms with Crippen LogP contribution in [0.1, 0.15) is 51.4 Å². The van der Waals surface area contributed by atoms with E-state index in [1.807, 2.05) is 12.1 Å². The van der Waals surface area contributed by atoms with Gasteiger partial charge in [0.15, 0.2) is 0 Å². The Morgan fingerprint density at radius 2 is 1.94 bits per heavy atom. The molecule has 8 nitrogen and oxygen atoms in total. The second-order valence-corrected chi connectivity index (χ2v) is 9.06. The van der Waals surface area contributed by atoms with Crippen LogP contribution < -0.4 is 15.0 Å². The van der Waals surface area contributed by atoms with Crippen molar-refractivity contribution in [3.05, 3.63) is 36.4 Å². The maximum atomic E-state index is 14.0. The van der Waals surface area contributed by atoms with Gasteiger partial charge in [-0.25, -0.2) is 9.78 Å². The molecule has 3 heterocycles. The molecule has 33 heavy (non-hydrogen) atoms. The van der Waals surface area contributed by atoms with Crippen LogP contribution in [-0.2, 0) is 4.74 Å². The molecule has 1 spiro atoms. The first-order chi connectivity index (χ1) is 15.6. The Labute approximate surface area is 198 Å². The second kappa shape index (κ2) is 10.1. The summed E-state index contributed by atoms with van der Waals surface area (Å²) >= 11 is 0. The molecule has 1 N–H and O–H groups in total. The first kappa shape index (κ1) is 23.5. The lowest BCUT2D eigenvalue weighted by atomic mass is 9.78. The molecule has 0 bridgehead atoms.